The zero-order chi connectivity index (χ0) is 14.9. The highest BCUT2D eigenvalue weighted by atomic mass is 32.1. The molecular formula is C15H19N3OS. The van der Waals surface area contributed by atoms with Crippen LogP contribution in [0.4, 0.5) is 0 Å². The van der Waals surface area contributed by atoms with Crippen LogP contribution in [0.25, 0.3) is 0 Å². The summed E-state index contributed by atoms with van der Waals surface area (Å²) in [7, 11) is 3.51. The van der Waals surface area contributed by atoms with Gasteiger partial charge in [-0.25, -0.2) is 0 Å². The van der Waals surface area contributed by atoms with E-state index in [9.17, 15) is 4.79 Å². The molecule has 0 aromatic heterocycles. The minimum absolute atomic E-state index is 0.0171. The van der Waals surface area contributed by atoms with Gasteiger partial charge in [-0.05, 0) is 31.6 Å². The summed E-state index contributed by atoms with van der Waals surface area (Å²) in [6.45, 7) is 3.92. The fourth-order valence-electron chi connectivity index (χ4n) is 2.32. The van der Waals surface area contributed by atoms with Gasteiger partial charge in [0.05, 0.1) is 11.6 Å². The number of carbonyl (C=O) groups is 1. The van der Waals surface area contributed by atoms with Crippen LogP contribution in [0.3, 0.4) is 0 Å². The van der Waals surface area contributed by atoms with Gasteiger partial charge >= 0.3 is 0 Å². The fourth-order valence-corrected chi connectivity index (χ4v) is 2.59. The molecule has 1 aromatic carbocycles. The van der Waals surface area contributed by atoms with Crippen molar-refractivity contribution in [2.75, 3.05) is 14.1 Å². The number of thiocarbonyl (C=S) groups is 1. The number of aryl methyl sites for hydroxylation is 1. The number of carbonyl (C=O) groups excluding carboxylic acids is 1. The molecule has 0 radical (unpaired) electrons. The molecule has 0 bridgehead atoms. The van der Waals surface area contributed by atoms with Crippen LogP contribution in [-0.4, -0.2) is 30.0 Å². The van der Waals surface area contributed by atoms with Crippen molar-refractivity contribution in [3.8, 4) is 0 Å². The summed E-state index contributed by atoms with van der Waals surface area (Å²) >= 11 is 5.22. The Hall–Kier alpha value is -1.88. The molecule has 1 unspecified atom stereocenters. The monoisotopic (exact) mass is 289 g/mol. The second kappa shape index (κ2) is 5.63. The highest BCUT2D eigenvalue weighted by Crippen LogP contribution is 2.28. The second-order valence-corrected chi connectivity index (χ2v) is 5.59. The minimum Gasteiger partial charge on any atom is -0.351 e. The lowest BCUT2D eigenvalue weighted by Crippen LogP contribution is -2.46. The van der Waals surface area contributed by atoms with Gasteiger partial charge in [0.25, 0.3) is 5.91 Å². The van der Waals surface area contributed by atoms with Gasteiger partial charge in [0.1, 0.15) is 0 Å². The lowest BCUT2D eigenvalue weighted by molar-refractivity contribution is -0.125. The highest BCUT2D eigenvalue weighted by molar-refractivity contribution is 7.80. The van der Waals surface area contributed by atoms with Crippen LogP contribution in [0.1, 0.15) is 24.1 Å². The third kappa shape index (κ3) is 2.82. The van der Waals surface area contributed by atoms with Crippen LogP contribution in [0.2, 0.25) is 0 Å². The topological polar surface area (TPSA) is 44.4 Å². The van der Waals surface area contributed by atoms with Crippen molar-refractivity contribution >= 4 is 23.2 Å². The third-order valence-corrected chi connectivity index (χ3v) is 3.50. The molecule has 1 aromatic rings. The molecule has 0 spiro atoms. The minimum atomic E-state index is -0.210. The molecule has 1 heterocycles. The van der Waals surface area contributed by atoms with Crippen molar-refractivity contribution in [2.24, 2.45) is 0 Å². The van der Waals surface area contributed by atoms with Gasteiger partial charge in [-0.3, -0.25) is 4.79 Å². The van der Waals surface area contributed by atoms with E-state index in [2.05, 4.69) is 16.7 Å². The van der Waals surface area contributed by atoms with E-state index in [0.717, 1.165) is 16.8 Å². The van der Waals surface area contributed by atoms with Gasteiger partial charge in [-0.15, -0.1) is 0 Å². The Morgan fingerprint density at radius 1 is 1.30 bits per heavy atom. The standard InChI is InChI=1S/C15H19N3OS/c1-9-6-5-7-11(8-9)13-12(14(19)18(3)4)10(2)16-15(20)17-13/h5-8,13H,1-4H3,(H2,16,17,20). The summed E-state index contributed by atoms with van der Waals surface area (Å²) in [4.78, 5) is 14.0. The predicted molar refractivity (Wildman–Crippen MR) is 84.2 cm³/mol. The number of benzene rings is 1. The van der Waals surface area contributed by atoms with E-state index >= 15 is 0 Å². The Bertz CT molecular complexity index is 593. The smallest absolute Gasteiger partial charge is 0.253 e. The Morgan fingerprint density at radius 2 is 2.00 bits per heavy atom. The molecule has 0 saturated heterocycles. The van der Waals surface area contributed by atoms with Crippen molar-refractivity contribution < 1.29 is 4.79 Å². The fraction of sp³-hybridized carbons (Fsp3) is 0.333. The number of hydrogen-bond donors (Lipinski definition) is 2. The van der Waals surface area contributed by atoms with E-state index in [0.29, 0.717) is 10.7 Å². The van der Waals surface area contributed by atoms with E-state index in [-0.39, 0.29) is 11.9 Å². The lowest BCUT2D eigenvalue weighted by atomic mass is 9.94. The van der Waals surface area contributed by atoms with E-state index in [1.54, 1.807) is 19.0 Å². The molecule has 1 aliphatic heterocycles. The SMILES string of the molecule is CC1=C(C(=O)N(C)C)C(c2cccc(C)c2)NC(=S)N1. The molecule has 0 saturated carbocycles. The highest BCUT2D eigenvalue weighted by Gasteiger charge is 2.30. The van der Waals surface area contributed by atoms with E-state index in [4.69, 9.17) is 12.2 Å². The van der Waals surface area contributed by atoms with E-state index < -0.39 is 0 Å². The first kappa shape index (κ1) is 14.5. The molecule has 1 atom stereocenters. The second-order valence-electron chi connectivity index (χ2n) is 5.18. The maximum absolute atomic E-state index is 12.4. The van der Waals surface area contributed by atoms with Crippen LogP contribution in [0.15, 0.2) is 35.5 Å². The average molecular weight is 289 g/mol. The average Bonchev–Trinajstić information content (AvgIpc) is 2.37. The third-order valence-electron chi connectivity index (χ3n) is 3.28. The Labute approximate surface area is 124 Å². The summed E-state index contributed by atoms with van der Waals surface area (Å²) in [5, 5.41) is 6.77. The molecule has 106 valence electrons. The first-order valence-electron chi connectivity index (χ1n) is 6.46. The normalized spacial score (nSPS) is 18.4. The van der Waals surface area contributed by atoms with E-state index in [1.807, 2.05) is 32.0 Å². The summed E-state index contributed by atoms with van der Waals surface area (Å²) in [6, 6.07) is 7.90. The number of allylic oxidation sites excluding steroid dienone is 1. The van der Waals surface area contributed by atoms with Crippen molar-refractivity contribution in [1.82, 2.24) is 15.5 Å². The zero-order valence-corrected chi connectivity index (χ0v) is 13.0. The number of amides is 1. The molecule has 1 amide bonds. The van der Waals surface area contributed by atoms with Gasteiger partial charge in [0.15, 0.2) is 5.11 Å². The zero-order valence-electron chi connectivity index (χ0n) is 12.2. The summed E-state index contributed by atoms with van der Waals surface area (Å²) in [5.74, 6) is -0.0171. The summed E-state index contributed by atoms with van der Waals surface area (Å²) in [5.41, 5.74) is 3.70. The molecule has 20 heavy (non-hydrogen) atoms. The van der Waals surface area contributed by atoms with Crippen molar-refractivity contribution in [1.29, 1.82) is 0 Å². The first-order valence-corrected chi connectivity index (χ1v) is 6.87. The molecule has 0 fully saturated rings. The molecule has 0 aliphatic carbocycles. The molecule has 1 aliphatic rings. The van der Waals surface area contributed by atoms with Crippen LogP contribution >= 0.6 is 12.2 Å². The van der Waals surface area contributed by atoms with Crippen molar-refractivity contribution in [3.63, 3.8) is 0 Å². The largest absolute Gasteiger partial charge is 0.351 e. The molecule has 2 rings (SSSR count). The lowest BCUT2D eigenvalue weighted by Gasteiger charge is -2.31. The Kier molecular flexibility index (Phi) is 4.09. The van der Waals surface area contributed by atoms with Crippen LogP contribution < -0.4 is 10.6 Å². The van der Waals surface area contributed by atoms with Crippen molar-refractivity contribution in [2.45, 2.75) is 19.9 Å². The number of nitrogens with zero attached hydrogens (tertiary/aromatic N) is 1. The van der Waals surface area contributed by atoms with Gasteiger partial charge < -0.3 is 15.5 Å². The number of hydrogen-bond acceptors (Lipinski definition) is 2. The number of rotatable bonds is 2. The van der Waals surface area contributed by atoms with Crippen LogP contribution in [-0.2, 0) is 4.79 Å². The predicted octanol–water partition coefficient (Wildman–Crippen LogP) is 1.88. The Balaban J connectivity index is 2.50. The number of nitrogens with one attached hydrogen (secondary N) is 2. The molecule has 2 N–H and O–H groups in total. The first-order chi connectivity index (χ1) is 9.40. The Morgan fingerprint density at radius 3 is 2.60 bits per heavy atom. The van der Waals surface area contributed by atoms with Crippen LogP contribution in [0, 0.1) is 6.92 Å². The van der Waals surface area contributed by atoms with Gasteiger partial charge in [-0.1, -0.05) is 29.8 Å². The van der Waals surface area contributed by atoms with Gasteiger partial charge in [0, 0.05) is 19.8 Å². The van der Waals surface area contributed by atoms with E-state index in [1.165, 1.54) is 0 Å². The quantitative estimate of drug-likeness (QED) is 0.816. The molecule has 5 heteroatoms. The maximum atomic E-state index is 12.4. The summed E-state index contributed by atoms with van der Waals surface area (Å²) < 4.78 is 0. The maximum Gasteiger partial charge on any atom is 0.253 e. The molecule has 4 nitrogen and oxygen atoms in total. The number of likely N-dealkylation sites (N-methyl/N-ethyl adjacent to an activating group) is 1. The molecular weight excluding hydrogens is 270 g/mol. The van der Waals surface area contributed by atoms with Crippen LogP contribution in [0.5, 0.6) is 0 Å². The summed E-state index contributed by atoms with van der Waals surface area (Å²) in [6.07, 6.45) is 0. The van der Waals surface area contributed by atoms with Gasteiger partial charge in [0.2, 0.25) is 0 Å². The van der Waals surface area contributed by atoms with Gasteiger partial charge in [-0.2, -0.15) is 0 Å². The van der Waals surface area contributed by atoms with Crippen molar-refractivity contribution in [3.05, 3.63) is 46.7 Å².